The van der Waals surface area contributed by atoms with E-state index in [4.69, 9.17) is 28.4 Å². The van der Waals surface area contributed by atoms with E-state index in [9.17, 15) is 48.6 Å². The Labute approximate surface area is 443 Å². The highest BCUT2D eigenvalue weighted by Crippen LogP contribution is 2.64. The molecule has 1 aliphatic carbocycles. The number of amides is 4. The number of carbonyl (C=O) groups excluding carboxylic acids is 6. The number of ether oxygens (including phenoxy) is 6. The number of methoxy groups -OCH3 is 2. The molecule has 396 valence electrons. The third kappa shape index (κ3) is 11.6. The number of nitrogens with one attached hydrogen (secondary N) is 4. The van der Waals surface area contributed by atoms with Crippen molar-refractivity contribution in [1.82, 2.24) is 10.6 Å². The highest BCUT2D eigenvalue weighted by Gasteiger charge is 2.82. The number of carboxylic acid groups (broad SMARTS) is 2. The molecular weight excluding hydrogens is 1020 g/mol. The first kappa shape index (κ1) is 55.0. The largest absolute Gasteiger partial charge is 0.493 e. The summed E-state index contributed by atoms with van der Waals surface area (Å²) in [7, 11) is 2.51. The Balaban J connectivity index is 1.40. The summed E-state index contributed by atoms with van der Waals surface area (Å²) >= 11 is 2.23. The fraction of sp³-hybridized carbons (Fsp3) is 0.259. The van der Waals surface area contributed by atoms with Gasteiger partial charge in [-0.05, 0) is 148 Å². The molecule has 20 nitrogen and oxygen atoms in total. The molecular formula is C54H52N4O16S2. The number of esters is 2. The van der Waals surface area contributed by atoms with Crippen LogP contribution in [0.2, 0.25) is 0 Å². The smallest absolute Gasteiger partial charge is 0.412 e. The lowest BCUT2D eigenvalue weighted by atomic mass is 9.42. The van der Waals surface area contributed by atoms with Gasteiger partial charge in [0.2, 0.25) is 0 Å². The van der Waals surface area contributed by atoms with Crippen LogP contribution in [0.15, 0.2) is 120 Å². The molecule has 0 aliphatic heterocycles. The molecule has 1 saturated carbocycles. The Morgan fingerprint density at radius 3 is 1.14 bits per heavy atom. The number of carboxylic acids is 2. The van der Waals surface area contributed by atoms with Gasteiger partial charge in [-0.25, -0.2) is 28.8 Å². The zero-order valence-corrected chi connectivity index (χ0v) is 43.8. The van der Waals surface area contributed by atoms with Crippen molar-refractivity contribution in [2.45, 2.75) is 75.7 Å². The van der Waals surface area contributed by atoms with E-state index < -0.39 is 82.0 Å². The highest BCUT2D eigenvalue weighted by atomic mass is 32.1. The summed E-state index contributed by atoms with van der Waals surface area (Å²) in [4.78, 5) is 111. The summed E-state index contributed by atoms with van der Waals surface area (Å²) in [6, 6.07) is 24.7. The summed E-state index contributed by atoms with van der Waals surface area (Å²) < 4.78 is 33.3. The number of benzene rings is 4. The van der Waals surface area contributed by atoms with Gasteiger partial charge < -0.3 is 49.3 Å². The lowest BCUT2D eigenvalue weighted by Gasteiger charge is -2.64. The lowest BCUT2D eigenvalue weighted by molar-refractivity contribution is -0.177. The van der Waals surface area contributed by atoms with Gasteiger partial charge in [0, 0.05) is 34.3 Å². The highest BCUT2D eigenvalue weighted by molar-refractivity contribution is 7.12. The standard InChI is InChI=1S/C54H52N4O16S2/c1-51(2,3)73-49(67)55-33-19-13-29(14-20-33)43(59)57-53(47(63)64)41(31-17-23-35(37(27-31)69-7)71-45(61)39-11-9-25-75-39)42(32-18-24-36(38(28-32)70-8)72-46(62)40-12-10-26-76-40)54(53,48(65)66)58-44(60)30-15-21-34(22-16-30)56-50(68)74-52(4,5)6/h9-28,41-42H,1-8H3,(H,55,67)(H,56,68)(H,57,59)(H,58,60)(H,63,64)(H,65,66). The summed E-state index contributed by atoms with van der Waals surface area (Å²) in [6.07, 6.45) is -1.61. The fourth-order valence-corrected chi connectivity index (χ4v) is 9.81. The van der Waals surface area contributed by atoms with Crippen molar-refractivity contribution in [3.05, 3.63) is 152 Å². The normalized spacial score (nSPS) is 17.8. The predicted molar refractivity (Wildman–Crippen MR) is 278 cm³/mol. The van der Waals surface area contributed by atoms with E-state index in [2.05, 4.69) is 21.3 Å². The molecule has 4 amide bonds. The van der Waals surface area contributed by atoms with Crippen LogP contribution in [0.25, 0.3) is 0 Å². The molecule has 1 aliphatic rings. The van der Waals surface area contributed by atoms with Gasteiger partial charge in [0.1, 0.15) is 21.0 Å². The molecule has 22 heteroatoms. The van der Waals surface area contributed by atoms with Crippen molar-refractivity contribution < 1.29 is 77.0 Å². The van der Waals surface area contributed by atoms with Crippen LogP contribution in [0.3, 0.4) is 0 Å². The van der Waals surface area contributed by atoms with Gasteiger partial charge in [0.05, 0.1) is 14.2 Å². The first-order chi connectivity index (χ1) is 35.9. The molecule has 2 aromatic heterocycles. The average Bonchev–Trinajstić information content (AvgIpc) is 4.23. The van der Waals surface area contributed by atoms with Crippen molar-refractivity contribution >= 4 is 81.9 Å². The summed E-state index contributed by atoms with van der Waals surface area (Å²) in [5.74, 6) is -11.4. The fourth-order valence-electron chi connectivity index (χ4n) is 8.61. The number of aliphatic carboxylic acids is 2. The second-order valence-electron chi connectivity index (χ2n) is 19.1. The number of thiophene rings is 2. The number of rotatable bonds is 16. The molecule has 2 heterocycles. The minimum absolute atomic E-state index is 0.00763. The maximum atomic E-state index is 14.7. The quantitative estimate of drug-likeness (QED) is 0.0389. The van der Waals surface area contributed by atoms with Crippen LogP contribution in [0.1, 0.15) is 105 Å². The molecule has 6 aromatic rings. The van der Waals surface area contributed by atoms with Gasteiger partial charge in [0.25, 0.3) is 11.8 Å². The Kier molecular flexibility index (Phi) is 15.9. The monoisotopic (exact) mass is 1080 g/mol. The van der Waals surface area contributed by atoms with Crippen molar-refractivity contribution in [3.63, 3.8) is 0 Å². The molecule has 76 heavy (non-hydrogen) atoms. The molecule has 7 rings (SSSR count). The Morgan fingerprint density at radius 2 is 0.855 bits per heavy atom. The second kappa shape index (κ2) is 22.0. The molecule has 4 aromatic carbocycles. The first-order valence-electron chi connectivity index (χ1n) is 23.1. The van der Waals surface area contributed by atoms with E-state index in [-0.39, 0.29) is 66.4 Å². The molecule has 4 atom stereocenters. The van der Waals surface area contributed by atoms with E-state index in [1.807, 2.05) is 0 Å². The SMILES string of the molecule is COc1cc(C2C(c3ccc(OC(=O)c4cccs4)c(OC)c3)C(NC(=O)c3ccc(NC(=O)OC(C)(C)C)cc3)(C(=O)O)C2(NC(=O)c2ccc(NC(=O)OC(C)(C)C)cc2)C(=O)O)ccc1OC(=O)c1cccs1. The van der Waals surface area contributed by atoms with Gasteiger partial charge in [-0.15, -0.1) is 22.7 Å². The van der Waals surface area contributed by atoms with Crippen LogP contribution in [0, 0.1) is 0 Å². The minimum atomic E-state index is -3.06. The van der Waals surface area contributed by atoms with Crippen LogP contribution in [0.5, 0.6) is 23.0 Å². The van der Waals surface area contributed by atoms with Crippen LogP contribution in [0.4, 0.5) is 21.0 Å². The molecule has 1 fully saturated rings. The molecule has 6 N–H and O–H groups in total. The molecule has 0 spiro atoms. The van der Waals surface area contributed by atoms with Crippen molar-refractivity contribution in [2.75, 3.05) is 24.9 Å². The predicted octanol–water partition coefficient (Wildman–Crippen LogP) is 9.35. The van der Waals surface area contributed by atoms with E-state index in [1.165, 1.54) is 99.1 Å². The van der Waals surface area contributed by atoms with Crippen molar-refractivity contribution in [2.24, 2.45) is 0 Å². The number of hydrogen-bond acceptors (Lipinski definition) is 16. The van der Waals surface area contributed by atoms with Crippen LogP contribution in [-0.2, 0) is 19.1 Å². The lowest BCUT2D eigenvalue weighted by Crippen LogP contribution is -2.89. The Bertz CT molecular complexity index is 2970. The van der Waals surface area contributed by atoms with Gasteiger partial charge >= 0.3 is 36.1 Å². The van der Waals surface area contributed by atoms with Crippen LogP contribution >= 0.6 is 22.7 Å². The van der Waals surface area contributed by atoms with Gasteiger partial charge in [-0.3, -0.25) is 20.2 Å². The Morgan fingerprint density at radius 1 is 0.500 bits per heavy atom. The third-order valence-electron chi connectivity index (χ3n) is 11.7. The third-order valence-corrected chi connectivity index (χ3v) is 13.4. The summed E-state index contributed by atoms with van der Waals surface area (Å²) in [6.45, 7) is 10.00. The van der Waals surface area contributed by atoms with Crippen LogP contribution < -0.4 is 40.2 Å². The molecule has 0 saturated heterocycles. The zero-order valence-electron chi connectivity index (χ0n) is 42.1. The number of hydrogen-bond donors (Lipinski definition) is 6. The van der Waals surface area contributed by atoms with E-state index in [0.717, 1.165) is 22.7 Å². The van der Waals surface area contributed by atoms with E-state index in [0.29, 0.717) is 0 Å². The van der Waals surface area contributed by atoms with Gasteiger partial charge in [0.15, 0.2) is 34.1 Å². The second-order valence-corrected chi connectivity index (χ2v) is 20.9. The Hall–Kier alpha value is -8.76. The molecule has 0 radical (unpaired) electrons. The maximum Gasteiger partial charge on any atom is 0.412 e. The number of anilines is 2. The molecule has 0 bridgehead atoms. The summed E-state index contributed by atoms with van der Waals surface area (Å²) in [5.41, 5.74) is -7.82. The average molecular weight is 1080 g/mol. The minimum Gasteiger partial charge on any atom is -0.493 e. The van der Waals surface area contributed by atoms with Gasteiger partial charge in [-0.1, -0.05) is 24.3 Å². The van der Waals surface area contributed by atoms with Gasteiger partial charge in [-0.2, -0.15) is 0 Å². The number of carbonyl (C=O) groups is 8. The maximum absolute atomic E-state index is 14.7. The van der Waals surface area contributed by atoms with Crippen molar-refractivity contribution in [3.8, 4) is 23.0 Å². The zero-order chi connectivity index (χ0) is 55.3. The summed E-state index contributed by atoms with van der Waals surface area (Å²) in [5, 5.41) is 37.0. The topological polar surface area (TPSA) is 281 Å². The van der Waals surface area contributed by atoms with Crippen LogP contribution in [-0.4, -0.2) is 94.6 Å². The van der Waals surface area contributed by atoms with E-state index in [1.54, 1.807) is 76.6 Å². The molecule has 4 unspecified atom stereocenters. The first-order valence-corrected chi connectivity index (χ1v) is 24.8. The van der Waals surface area contributed by atoms with E-state index >= 15 is 0 Å². The van der Waals surface area contributed by atoms with Crippen molar-refractivity contribution in [1.29, 1.82) is 0 Å².